The number of nitrogens with one attached hydrogen (secondary N) is 1. The van der Waals surface area contributed by atoms with Crippen LogP contribution in [0.4, 0.5) is 0 Å². The predicted octanol–water partition coefficient (Wildman–Crippen LogP) is 3.18. The Morgan fingerprint density at radius 3 is 2.55 bits per heavy atom. The van der Waals surface area contributed by atoms with Gasteiger partial charge < -0.3 is 9.73 Å². The molecule has 4 nitrogen and oxygen atoms in total. The van der Waals surface area contributed by atoms with Crippen molar-refractivity contribution in [1.82, 2.24) is 5.32 Å². The Balaban J connectivity index is 1.90. The van der Waals surface area contributed by atoms with Crippen LogP contribution in [-0.4, -0.2) is 16.7 Å². The van der Waals surface area contributed by atoms with Crippen LogP contribution in [-0.2, 0) is 22.3 Å². The van der Waals surface area contributed by atoms with Crippen molar-refractivity contribution in [2.45, 2.75) is 31.8 Å². The molecule has 0 radical (unpaired) electrons. The smallest absolute Gasteiger partial charge is 0.286 e. The number of carbonyl (C=O) groups is 1. The van der Waals surface area contributed by atoms with Gasteiger partial charge in [0.15, 0.2) is 5.76 Å². The van der Waals surface area contributed by atoms with Crippen molar-refractivity contribution in [3.63, 3.8) is 0 Å². The molecule has 1 N–H and O–H groups in total. The zero-order valence-corrected chi connectivity index (χ0v) is 13.7. The number of carbonyl (C=O) groups excluding carboxylic acids is 1. The second-order valence-corrected chi connectivity index (χ2v) is 6.69. The number of amides is 1. The molecule has 5 heteroatoms. The molecule has 118 valence electrons. The van der Waals surface area contributed by atoms with Crippen molar-refractivity contribution in [2.24, 2.45) is 0 Å². The first-order chi connectivity index (χ1) is 10.6. The Bertz CT molecular complexity index is 646. The van der Waals surface area contributed by atoms with Crippen LogP contribution in [0.5, 0.6) is 0 Å². The van der Waals surface area contributed by atoms with Crippen LogP contribution in [0.3, 0.4) is 0 Å². The van der Waals surface area contributed by atoms with E-state index in [9.17, 15) is 9.00 Å². The van der Waals surface area contributed by atoms with Gasteiger partial charge in [-0.15, -0.1) is 0 Å². The molecule has 0 aliphatic carbocycles. The summed E-state index contributed by atoms with van der Waals surface area (Å²) in [4.78, 5) is 11.7. The minimum Gasteiger partial charge on any atom is -0.455 e. The molecule has 0 aliphatic heterocycles. The summed E-state index contributed by atoms with van der Waals surface area (Å²) in [6.07, 6.45) is 0.875. The summed E-state index contributed by atoms with van der Waals surface area (Å²) in [5.74, 6) is 1.42. The van der Waals surface area contributed by atoms with E-state index in [4.69, 9.17) is 4.42 Å². The average Bonchev–Trinajstić information content (AvgIpc) is 2.95. The van der Waals surface area contributed by atoms with Gasteiger partial charge in [0.2, 0.25) is 0 Å². The van der Waals surface area contributed by atoms with Gasteiger partial charge in [-0.05, 0) is 31.0 Å². The van der Waals surface area contributed by atoms with Gasteiger partial charge in [0, 0.05) is 23.1 Å². The molecule has 2 rings (SSSR count). The van der Waals surface area contributed by atoms with Crippen LogP contribution in [0.1, 0.15) is 40.8 Å². The van der Waals surface area contributed by atoms with Crippen LogP contribution in [0.15, 0.2) is 40.8 Å². The number of rotatable bonds is 7. The normalized spacial score (nSPS) is 12.1. The Kier molecular flexibility index (Phi) is 5.95. The molecule has 0 fully saturated rings. The maximum atomic E-state index is 12.2. The monoisotopic (exact) mass is 319 g/mol. The summed E-state index contributed by atoms with van der Waals surface area (Å²) in [5, 5.41) is 2.75. The lowest BCUT2D eigenvalue weighted by molar-refractivity contribution is 0.0924. The van der Waals surface area contributed by atoms with Crippen LogP contribution in [0, 0.1) is 6.92 Å². The minimum atomic E-state index is -1.06. The molecule has 1 aromatic heterocycles. The fourth-order valence-electron chi connectivity index (χ4n) is 1.98. The molecule has 1 aromatic carbocycles. The topological polar surface area (TPSA) is 59.3 Å². The lowest BCUT2D eigenvalue weighted by Crippen LogP contribution is -2.23. The van der Waals surface area contributed by atoms with Crippen LogP contribution in [0.2, 0.25) is 0 Å². The van der Waals surface area contributed by atoms with Crippen molar-refractivity contribution in [2.75, 3.05) is 6.54 Å². The van der Waals surface area contributed by atoms with Crippen molar-refractivity contribution in [3.8, 4) is 0 Å². The second kappa shape index (κ2) is 7.94. The predicted molar refractivity (Wildman–Crippen MR) is 88.1 cm³/mol. The van der Waals surface area contributed by atoms with Gasteiger partial charge in [0.1, 0.15) is 5.76 Å². The summed E-state index contributed by atoms with van der Waals surface area (Å²) in [7, 11) is -1.06. The van der Waals surface area contributed by atoms with E-state index in [0.717, 1.165) is 12.0 Å². The van der Waals surface area contributed by atoms with E-state index in [1.54, 1.807) is 12.1 Å². The molecule has 0 aliphatic rings. The molecule has 0 bridgehead atoms. The maximum absolute atomic E-state index is 12.2. The molecule has 0 spiro atoms. The van der Waals surface area contributed by atoms with Crippen molar-refractivity contribution < 1.29 is 13.4 Å². The van der Waals surface area contributed by atoms with Crippen LogP contribution in [0.25, 0.3) is 0 Å². The zero-order valence-electron chi connectivity index (χ0n) is 12.9. The summed E-state index contributed by atoms with van der Waals surface area (Å²) >= 11 is 0. The summed E-state index contributed by atoms with van der Waals surface area (Å²) in [6.45, 7) is 4.63. The van der Waals surface area contributed by atoms with Gasteiger partial charge in [-0.3, -0.25) is 9.00 Å². The van der Waals surface area contributed by atoms with Gasteiger partial charge in [0.05, 0.1) is 5.75 Å². The van der Waals surface area contributed by atoms with E-state index in [1.165, 1.54) is 5.56 Å². The van der Waals surface area contributed by atoms with E-state index in [0.29, 0.717) is 23.8 Å². The van der Waals surface area contributed by atoms with E-state index in [1.807, 2.05) is 38.1 Å². The first-order valence-electron chi connectivity index (χ1n) is 7.36. The molecule has 0 saturated carbocycles. The van der Waals surface area contributed by atoms with Gasteiger partial charge in [-0.25, -0.2) is 0 Å². The minimum absolute atomic E-state index is 0.225. The first-order valence-corrected chi connectivity index (χ1v) is 8.84. The highest BCUT2D eigenvalue weighted by Crippen LogP contribution is 2.13. The zero-order chi connectivity index (χ0) is 15.9. The molecule has 0 saturated heterocycles. The van der Waals surface area contributed by atoms with E-state index >= 15 is 0 Å². The Morgan fingerprint density at radius 1 is 1.14 bits per heavy atom. The third-order valence-corrected chi connectivity index (χ3v) is 4.43. The van der Waals surface area contributed by atoms with Gasteiger partial charge >= 0.3 is 0 Å². The highest BCUT2D eigenvalue weighted by Gasteiger charge is 2.12. The SMILES string of the molecule is CCCNC(=O)c1ccc(CS(=O)Cc2ccc(C)cc2)o1. The van der Waals surface area contributed by atoms with E-state index in [-0.39, 0.29) is 11.7 Å². The number of aryl methyl sites for hydroxylation is 1. The fraction of sp³-hybridized carbons (Fsp3) is 0.353. The molecular formula is C17H21NO3S. The van der Waals surface area contributed by atoms with Crippen LogP contribution < -0.4 is 5.32 Å². The third kappa shape index (κ3) is 4.84. The molecule has 2 aromatic rings. The molecular weight excluding hydrogens is 298 g/mol. The largest absolute Gasteiger partial charge is 0.455 e. The van der Waals surface area contributed by atoms with Crippen molar-refractivity contribution in [1.29, 1.82) is 0 Å². The van der Waals surface area contributed by atoms with E-state index < -0.39 is 10.8 Å². The molecule has 22 heavy (non-hydrogen) atoms. The molecule has 1 atom stereocenters. The highest BCUT2D eigenvalue weighted by atomic mass is 32.2. The lowest BCUT2D eigenvalue weighted by atomic mass is 10.2. The quantitative estimate of drug-likeness (QED) is 0.852. The van der Waals surface area contributed by atoms with Gasteiger partial charge in [-0.1, -0.05) is 36.8 Å². The van der Waals surface area contributed by atoms with Gasteiger partial charge in [-0.2, -0.15) is 0 Å². The van der Waals surface area contributed by atoms with Crippen LogP contribution >= 0.6 is 0 Å². The van der Waals surface area contributed by atoms with Gasteiger partial charge in [0.25, 0.3) is 5.91 Å². The number of hydrogen-bond donors (Lipinski definition) is 1. The summed E-state index contributed by atoms with van der Waals surface area (Å²) in [5.41, 5.74) is 2.22. The standard InChI is InChI=1S/C17H21NO3S/c1-3-10-18-17(19)16-9-8-15(21-16)12-22(20)11-14-6-4-13(2)5-7-14/h4-9H,3,10-12H2,1-2H3,(H,18,19). The average molecular weight is 319 g/mol. The molecule has 1 heterocycles. The van der Waals surface area contributed by atoms with Crippen molar-refractivity contribution >= 4 is 16.7 Å². The Labute approximate surface area is 133 Å². The summed E-state index contributed by atoms with van der Waals surface area (Å²) in [6, 6.07) is 11.3. The first kappa shape index (κ1) is 16.5. The Morgan fingerprint density at radius 2 is 1.86 bits per heavy atom. The fourth-order valence-corrected chi connectivity index (χ4v) is 3.12. The van der Waals surface area contributed by atoms with Crippen molar-refractivity contribution in [3.05, 3.63) is 59.0 Å². The highest BCUT2D eigenvalue weighted by molar-refractivity contribution is 7.83. The lowest BCUT2D eigenvalue weighted by Gasteiger charge is -2.02. The number of benzene rings is 1. The number of hydrogen-bond acceptors (Lipinski definition) is 3. The van der Waals surface area contributed by atoms with E-state index in [2.05, 4.69) is 5.32 Å². The molecule has 1 amide bonds. The third-order valence-electron chi connectivity index (χ3n) is 3.17. The maximum Gasteiger partial charge on any atom is 0.286 e. The molecule has 1 unspecified atom stereocenters. The Hall–Kier alpha value is -1.88. The summed E-state index contributed by atoms with van der Waals surface area (Å²) < 4.78 is 17.6. The number of furan rings is 1. The second-order valence-electron chi connectivity index (χ2n) is 5.24.